The Morgan fingerprint density at radius 1 is 1.17 bits per heavy atom. The molecule has 23 heavy (non-hydrogen) atoms. The van der Waals surface area contributed by atoms with Crippen molar-refractivity contribution < 1.29 is 23.5 Å². The van der Waals surface area contributed by atoms with Crippen LogP contribution < -0.4 is 0 Å². The van der Waals surface area contributed by atoms with Crippen LogP contribution in [0.4, 0.5) is 4.39 Å². The molecule has 6 heteroatoms. The highest BCUT2D eigenvalue weighted by Crippen LogP contribution is 2.32. The topological polar surface area (TPSA) is 70.8 Å². The van der Waals surface area contributed by atoms with Crippen LogP contribution in [0.1, 0.15) is 45.9 Å². The van der Waals surface area contributed by atoms with E-state index in [1.165, 1.54) is 24.3 Å². The van der Waals surface area contributed by atoms with Crippen LogP contribution in [-0.2, 0) is 0 Å². The van der Waals surface area contributed by atoms with E-state index < -0.39 is 5.97 Å². The number of furan rings is 1. The Morgan fingerprint density at radius 3 is 2.43 bits per heavy atom. The van der Waals surface area contributed by atoms with E-state index in [1.54, 1.807) is 17.0 Å². The van der Waals surface area contributed by atoms with Gasteiger partial charge in [0.15, 0.2) is 5.76 Å². The van der Waals surface area contributed by atoms with Crippen LogP contribution in [0.15, 0.2) is 40.8 Å². The first-order chi connectivity index (χ1) is 11.0. The summed E-state index contributed by atoms with van der Waals surface area (Å²) in [4.78, 5) is 25.0. The van der Waals surface area contributed by atoms with Crippen LogP contribution in [0.3, 0.4) is 0 Å². The van der Waals surface area contributed by atoms with Gasteiger partial charge in [-0.3, -0.25) is 4.79 Å². The second-order valence-corrected chi connectivity index (χ2v) is 5.76. The third-order valence-electron chi connectivity index (χ3n) is 4.20. The van der Waals surface area contributed by atoms with Gasteiger partial charge in [-0.1, -0.05) is 12.1 Å². The van der Waals surface area contributed by atoms with Crippen molar-refractivity contribution in [3.63, 3.8) is 0 Å². The maximum atomic E-state index is 13.0. The van der Waals surface area contributed by atoms with Crippen molar-refractivity contribution in [2.75, 3.05) is 6.54 Å². The summed E-state index contributed by atoms with van der Waals surface area (Å²) in [6.07, 6.45) is 0.768. The summed E-state index contributed by atoms with van der Waals surface area (Å²) in [5.74, 6) is -1.92. The molecule has 0 radical (unpaired) electrons. The molecule has 2 unspecified atom stereocenters. The van der Waals surface area contributed by atoms with E-state index in [-0.39, 0.29) is 35.2 Å². The number of carboxylic acid groups (broad SMARTS) is 1. The summed E-state index contributed by atoms with van der Waals surface area (Å²) in [7, 11) is 0. The number of nitrogens with zero attached hydrogens (tertiary/aromatic N) is 1. The van der Waals surface area contributed by atoms with E-state index in [2.05, 4.69) is 0 Å². The molecule has 5 nitrogen and oxygen atoms in total. The smallest absolute Gasteiger partial charge is 0.371 e. The van der Waals surface area contributed by atoms with Gasteiger partial charge < -0.3 is 14.4 Å². The average molecular weight is 317 g/mol. The number of benzene rings is 1. The third-order valence-corrected chi connectivity index (χ3v) is 4.20. The fourth-order valence-electron chi connectivity index (χ4n) is 3.00. The minimum absolute atomic E-state index is 0.00377. The number of amides is 1. The van der Waals surface area contributed by atoms with Crippen molar-refractivity contribution in [3.8, 4) is 0 Å². The minimum Gasteiger partial charge on any atom is -0.475 e. The number of likely N-dealkylation sites (tertiary alicyclic amines) is 1. The second-order valence-electron chi connectivity index (χ2n) is 5.76. The molecule has 1 aromatic heterocycles. The third kappa shape index (κ3) is 2.97. The maximum absolute atomic E-state index is 13.0. The van der Waals surface area contributed by atoms with Crippen LogP contribution in [-0.4, -0.2) is 34.5 Å². The van der Waals surface area contributed by atoms with E-state index in [0.29, 0.717) is 6.54 Å². The zero-order valence-electron chi connectivity index (χ0n) is 12.5. The molecule has 0 bridgehead atoms. The minimum atomic E-state index is -1.21. The Morgan fingerprint density at radius 2 is 1.83 bits per heavy atom. The molecule has 1 N–H and O–H groups in total. The van der Waals surface area contributed by atoms with Crippen molar-refractivity contribution in [1.29, 1.82) is 0 Å². The van der Waals surface area contributed by atoms with Gasteiger partial charge in [0.05, 0.1) is 0 Å². The lowest BCUT2D eigenvalue weighted by Gasteiger charge is -2.20. The Labute approximate surface area is 132 Å². The van der Waals surface area contributed by atoms with Crippen LogP contribution in [0.25, 0.3) is 0 Å². The number of aromatic carboxylic acids is 1. The molecule has 2 atom stereocenters. The summed E-state index contributed by atoms with van der Waals surface area (Å²) in [5, 5.41) is 8.86. The van der Waals surface area contributed by atoms with E-state index in [0.717, 1.165) is 12.0 Å². The quantitative estimate of drug-likeness (QED) is 0.944. The molecule has 2 aromatic rings. The van der Waals surface area contributed by atoms with Crippen LogP contribution >= 0.6 is 0 Å². The van der Waals surface area contributed by atoms with Crippen molar-refractivity contribution in [1.82, 2.24) is 4.90 Å². The molecular weight excluding hydrogens is 301 g/mol. The first-order valence-corrected chi connectivity index (χ1v) is 7.35. The molecule has 1 amide bonds. The van der Waals surface area contributed by atoms with Gasteiger partial charge in [0.1, 0.15) is 5.82 Å². The molecule has 0 saturated carbocycles. The predicted molar refractivity (Wildman–Crippen MR) is 79.9 cm³/mol. The molecule has 1 aliphatic rings. The molecule has 1 fully saturated rings. The van der Waals surface area contributed by atoms with E-state index in [9.17, 15) is 14.0 Å². The predicted octanol–water partition coefficient (Wildman–Crippen LogP) is 3.14. The Kier molecular flexibility index (Phi) is 3.90. The molecule has 2 heterocycles. The zero-order chi connectivity index (χ0) is 16.6. The number of hydrogen-bond acceptors (Lipinski definition) is 3. The van der Waals surface area contributed by atoms with Crippen LogP contribution in [0.5, 0.6) is 0 Å². The SMILES string of the molecule is CC1CC(c2ccc(F)cc2)CN1C(=O)c1ccc(C(=O)O)o1. The van der Waals surface area contributed by atoms with Gasteiger partial charge >= 0.3 is 5.97 Å². The first-order valence-electron chi connectivity index (χ1n) is 7.35. The number of carbonyl (C=O) groups is 2. The first kappa shape index (κ1) is 15.3. The standard InChI is InChI=1S/C17H16FNO4/c1-10-8-12(11-2-4-13(18)5-3-11)9-19(10)16(20)14-6-7-15(23-14)17(21)22/h2-7,10,12H,8-9H2,1H3,(H,21,22). The van der Waals surface area contributed by atoms with Crippen LogP contribution in [0.2, 0.25) is 0 Å². The van der Waals surface area contributed by atoms with Crippen molar-refractivity contribution in [2.24, 2.45) is 0 Å². The number of halogens is 1. The summed E-state index contributed by atoms with van der Waals surface area (Å²) < 4.78 is 18.1. The molecule has 3 rings (SSSR count). The molecule has 120 valence electrons. The number of hydrogen-bond donors (Lipinski definition) is 1. The van der Waals surface area contributed by atoms with Crippen molar-refractivity contribution in [2.45, 2.75) is 25.3 Å². The molecule has 0 aliphatic carbocycles. The van der Waals surface area contributed by atoms with Crippen molar-refractivity contribution >= 4 is 11.9 Å². The maximum Gasteiger partial charge on any atom is 0.371 e. The summed E-state index contributed by atoms with van der Waals surface area (Å²) in [6.45, 7) is 2.43. The molecule has 1 saturated heterocycles. The van der Waals surface area contributed by atoms with E-state index in [1.807, 2.05) is 6.92 Å². The largest absolute Gasteiger partial charge is 0.475 e. The van der Waals surface area contributed by atoms with Gasteiger partial charge in [-0.05, 0) is 43.2 Å². The molecule has 1 aromatic carbocycles. The summed E-state index contributed by atoms with van der Waals surface area (Å²) in [6, 6.07) is 8.94. The monoisotopic (exact) mass is 317 g/mol. The highest BCUT2D eigenvalue weighted by Gasteiger charge is 2.35. The van der Waals surface area contributed by atoms with Gasteiger partial charge in [0.25, 0.3) is 5.91 Å². The van der Waals surface area contributed by atoms with Crippen LogP contribution in [0, 0.1) is 5.82 Å². The number of carboxylic acids is 1. The fourth-order valence-corrected chi connectivity index (χ4v) is 3.00. The highest BCUT2D eigenvalue weighted by atomic mass is 19.1. The van der Waals surface area contributed by atoms with Gasteiger partial charge in [0.2, 0.25) is 5.76 Å². The van der Waals surface area contributed by atoms with Gasteiger partial charge in [-0.2, -0.15) is 0 Å². The van der Waals surface area contributed by atoms with Gasteiger partial charge in [0, 0.05) is 18.5 Å². The van der Waals surface area contributed by atoms with Crippen molar-refractivity contribution in [3.05, 3.63) is 59.3 Å². The number of rotatable bonds is 3. The summed E-state index contributed by atoms with van der Waals surface area (Å²) >= 11 is 0. The fraction of sp³-hybridized carbons (Fsp3) is 0.294. The Hall–Kier alpha value is -2.63. The normalized spacial score (nSPS) is 20.7. The Balaban J connectivity index is 1.76. The van der Waals surface area contributed by atoms with Gasteiger partial charge in [-0.15, -0.1) is 0 Å². The molecular formula is C17H16FNO4. The Bertz CT molecular complexity index is 737. The molecule has 1 aliphatic heterocycles. The second kappa shape index (κ2) is 5.87. The number of carbonyl (C=O) groups excluding carboxylic acids is 1. The summed E-state index contributed by atoms with van der Waals surface area (Å²) in [5.41, 5.74) is 0.985. The van der Waals surface area contributed by atoms with Gasteiger partial charge in [-0.25, -0.2) is 9.18 Å². The lowest BCUT2D eigenvalue weighted by Crippen LogP contribution is -2.33. The lowest BCUT2D eigenvalue weighted by atomic mass is 9.97. The van der Waals surface area contributed by atoms with E-state index >= 15 is 0 Å². The molecule has 0 spiro atoms. The zero-order valence-corrected chi connectivity index (χ0v) is 12.5. The van der Waals surface area contributed by atoms with E-state index in [4.69, 9.17) is 9.52 Å². The highest BCUT2D eigenvalue weighted by molar-refractivity contribution is 5.94. The average Bonchev–Trinajstić information content (AvgIpc) is 3.14. The lowest BCUT2D eigenvalue weighted by molar-refractivity contribution is 0.0648.